The van der Waals surface area contributed by atoms with Crippen LogP contribution in [-0.4, -0.2) is 20.2 Å². The zero-order valence-corrected chi connectivity index (χ0v) is 12.3. The number of nitrogens with zero attached hydrogens (tertiary/aromatic N) is 4. The van der Waals surface area contributed by atoms with Gasteiger partial charge in [-0.1, -0.05) is 24.2 Å². The lowest BCUT2D eigenvalue weighted by atomic mass is 10.1. The van der Waals surface area contributed by atoms with E-state index in [0.29, 0.717) is 5.92 Å². The Balaban J connectivity index is 1.56. The molecular weight excluding hydrogens is 282 g/mol. The topological polar surface area (TPSA) is 63.6 Å². The summed E-state index contributed by atoms with van der Waals surface area (Å²) in [5.74, 6) is 1.39. The second kappa shape index (κ2) is 5.37. The molecule has 3 aromatic rings. The third-order valence-electron chi connectivity index (χ3n) is 3.84. The minimum atomic E-state index is 0.604. The Hall–Kier alpha value is -2.08. The average Bonchev–Trinajstić information content (AvgIpc) is 3.18. The fourth-order valence-corrected chi connectivity index (χ4v) is 3.68. The molecule has 1 fully saturated rings. The van der Waals surface area contributed by atoms with E-state index in [4.69, 9.17) is 0 Å². The number of anilines is 2. The van der Waals surface area contributed by atoms with Crippen molar-refractivity contribution in [2.24, 2.45) is 0 Å². The van der Waals surface area contributed by atoms with Crippen LogP contribution in [0.2, 0.25) is 0 Å². The Labute approximate surface area is 126 Å². The number of rotatable bonds is 3. The third-order valence-corrected chi connectivity index (χ3v) is 4.84. The molecule has 1 saturated carbocycles. The molecule has 0 aromatic carbocycles. The average molecular weight is 297 g/mol. The van der Waals surface area contributed by atoms with Gasteiger partial charge in [0.1, 0.15) is 10.8 Å². The predicted molar refractivity (Wildman–Crippen MR) is 83.9 cm³/mol. The van der Waals surface area contributed by atoms with Gasteiger partial charge in [-0.3, -0.25) is 4.98 Å². The highest BCUT2D eigenvalue weighted by Gasteiger charge is 2.21. The normalized spacial score (nSPS) is 15.6. The maximum atomic E-state index is 4.54. The first-order chi connectivity index (χ1) is 10.4. The zero-order chi connectivity index (χ0) is 14.1. The molecule has 6 heteroatoms. The van der Waals surface area contributed by atoms with Crippen LogP contribution in [0.25, 0.3) is 11.0 Å². The van der Waals surface area contributed by atoms with Gasteiger partial charge in [0, 0.05) is 12.1 Å². The Morgan fingerprint density at radius 1 is 1.05 bits per heavy atom. The SMILES string of the molecule is c1cnc2ccc(Nc3nnc(C4CCCC4)s3)nc2c1. The van der Waals surface area contributed by atoms with Crippen molar-refractivity contribution in [3.05, 3.63) is 35.5 Å². The molecule has 0 atom stereocenters. The molecule has 1 aliphatic carbocycles. The molecule has 0 amide bonds. The number of hydrogen-bond acceptors (Lipinski definition) is 6. The maximum absolute atomic E-state index is 4.54. The summed E-state index contributed by atoms with van der Waals surface area (Å²) in [5.41, 5.74) is 1.77. The van der Waals surface area contributed by atoms with E-state index in [0.717, 1.165) is 27.0 Å². The molecule has 5 nitrogen and oxygen atoms in total. The van der Waals surface area contributed by atoms with Crippen LogP contribution < -0.4 is 5.32 Å². The van der Waals surface area contributed by atoms with Gasteiger partial charge in [-0.05, 0) is 37.1 Å². The number of fused-ring (bicyclic) bond motifs is 1. The molecule has 0 bridgehead atoms. The molecule has 106 valence electrons. The lowest BCUT2D eigenvalue weighted by Gasteiger charge is -2.03. The lowest BCUT2D eigenvalue weighted by molar-refractivity contribution is 0.705. The molecule has 4 rings (SSSR count). The number of nitrogens with one attached hydrogen (secondary N) is 1. The van der Waals surface area contributed by atoms with Crippen molar-refractivity contribution in [2.75, 3.05) is 5.32 Å². The second-order valence-corrected chi connectivity index (χ2v) is 6.30. The first-order valence-electron chi connectivity index (χ1n) is 7.21. The van der Waals surface area contributed by atoms with E-state index >= 15 is 0 Å². The summed E-state index contributed by atoms with van der Waals surface area (Å²) in [4.78, 5) is 8.81. The van der Waals surface area contributed by atoms with Crippen LogP contribution in [0.1, 0.15) is 36.6 Å². The van der Waals surface area contributed by atoms with Gasteiger partial charge < -0.3 is 5.32 Å². The molecule has 1 N–H and O–H groups in total. The van der Waals surface area contributed by atoms with E-state index in [1.165, 1.54) is 25.7 Å². The lowest BCUT2D eigenvalue weighted by Crippen LogP contribution is -1.93. The summed E-state index contributed by atoms with van der Waals surface area (Å²) < 4.78 is 0. The maximum Gasteiger partial charge on any atom is 0.211 e. The Morgan fingerprint density at radius 2 is 1.95 bits per heavy atom. The van der Waals surface area contributed by atoms with Gasteiger partial charge in [0.05, 0.1) is 11.0 Å². The van der Waals surface area contributed by atoms with E-state index in [9.17, 15) is 0 Å². The summed E-state index contributed by atoms with van der Waals surface area (Å²) in [6, 6.07) is 7.73. The van der Waals surface area contributed by atoms with Crippen molar-refractivity contribution in [2.45, 2.75) is 31.6 Å². The molecule has 1 aliphatic rings. The molecule has 0 aliphatic heterocycles. The molecule has 0 radical (unpaired) electrons. The first kappa shape index (κ1) is 12.6. The van der Waals surface area contributed by atoms with Crippen molar-refractivity contribution in [3.8, 4) is 0 Å². The van der Waals surface area contributed by atoms with Crippen molar-refractivity contribution in [1.82, 2.24) is 20.2 Å². The van der Waals surface area contributed by atoms with Crippen molar-refractivity contribution in [1.29, 1.82) is 0 Å². The van der Waals surface area contributed by atoms with E-state index in [2.05, 4.69) is 25.5 Å². The van der Waals surface area contributed by atoms with Crippen LogP contribution in [0.15, 0.2) is 30.5 Å². The van der Waals surface area contributed by atoms with E-state index in [1.807, 2.05) is 24.3 Å². The molecule has 3 aromatic heterocycles. The van der Waals surface area contributed by atoms with Crippen LogP contribution in [0.5, 0.6) is 0 Å². The highest BCUT2D eigenvalue weighted by Crippen LogP contribution is 2.36. The monoisotopic (exact) mass is 297 g/mol. The van der Waals surface area contributed by atoms with Crippen LogP contribution in [0.3, 0.4) is 0 Å². The quantitative estimate of drug-likeness (QED) is 0.794. The summed E-state index contributed by atoms with van der Waals surface area (Å²) >= 11 is 1.64. The first-order valence-corrected chi connectivity index (χ1v) is 8.02. The van der Waals surface area contributed by atoms with Gasteiger partial charge in [0.2, 0.25) is 5.13 Å². The number of aromatic nitrogens is 4. The summed E-state index contributed by atoms with van der Waals surface area (Å²) in [6.45, 7) is 0. The van der Waals surface area contributed by atoms with Gasteiger partial charge >= 0.3 is 0 Å². The highest BCUT2D eigenvalue weighted by atomic mass is 32.1. The van der Waals surface area contributed by atoms with Gasteiger partial charge in [0.25, 0.3) is 0 Å². The summed E-state index contributed by atoms with van der Waals surface area (Å²) in [5, 5.41) is 13.8. The fraction of sp³-hybridized carbons (Fsp3) is 0.333. The molecule has 21 heavy (non-hydrogen) atoms. The van der Waals surface area contributed by atoms with Crippen LogP contribution in [0.4, 0.5) is 10.9 Å². The number of pyridine rings is 2. The Morgan fingerprint density at radius 3 is 2.86 bits per heavy atom. The van der Waals surface area contributed by atoms with Crippen molar-refractivity contribution in [3.63, 3.8) is 0 Å². The summed E-state index contributed by atoms with van der Waals surface area (Å²) in [7, 11) is 0. The molecule has 0 spiro atoms. The zero-order valence-electron chi connectivity index (χ0n) is 11.5. The van der Waals surface area contributed by atoms with Crippen molar-refractivity contribution < 1.29 is 0 Å². The molecular formula is C15H15N5S. The standard InChI is InChI=1S/C15H15N5S/c1-2-5-10(4-1)14-19-20-15(21-14)18-13-8-7-11-12(17-13)6-3-9-16-11/h3,6-10H,1-2,4-5H2,(H,17,18,20). The largest absolute Gasteiger partial charge is 0.315 e. The van der Waals surface area contributed by atoms with E-state index in [-0.39, 0.29) is 0 Å². The van der Waals surface area contributed by atoms with E-state index < -0.39 is 0 Å². The van der Waals surface area contributed by atoms with Gasteiger partial charge in [0.15, 0.2) is 0 Å². The minimum absolute atomic E-state index is 0.604. The predicted octanol–water partition coefficient (Wildman–Crippen LogP) is 3.88. The summed E-state index contributed by atoms with van der Waals surface area (Å²) in [6.07, 6.45) is 6.89. The molecule has 0 unspecified atom stereocenters. The van der Waals surface area contributed by atoms with Gasteiger partial charge in [-0.25, -0.2) is 4.98 Å². The van der Waals surface area contributed by atoms with Crippen LogP contribution in [0, 0.1) is 0 Å². The van der Waals surface area contributed by atoms with E-state index in [1.54, 1.807) is 17.5 Å². The van der Waals surface area contributed by atoms with Crippen molar-refractivity contribution >= 4 is 33.3 Å². The Kier molecular flexibility index (Phi) is 3.23. The Bertz CT molecular complexity index is 763. The number of hydrogen-bond donors (Lipinski definition) is 1. The third kappa shape index (κ3) is 2.58. The van der Waals surface area contributed by atoms with Gasteiger partial charge in [-0.2, -0.15) is 0 Å². The smallest absolute Gasteiger partial charge is 0.211 e. The highest BCUT2D eigenvalue weighted by molar-refractivity contribution is 7.15. The fourth-order valence-electron chi connectivity index (χ4n) is 2.76. The molecule has 3 heterocycles. The second-order valence-electron chi connectivity index (χ2n) is 5.29. The van der Waals surface area contributed by atoms with Crippen LogP contribution >= 0.6 is 11.3 Å². The molecule has 0 saturated heterocycles. The van der Waals surface area contributed by atoms with Gasteiger partial charge in [-0.15, -0.1) is 10.2 Å². The minimum Gasteiger partial charge on any atom is -0.315 e. The van der Waals surface area contributed by atoms with Crippen LogP contribution in [-0.2, 0) is 0 Å².